The van der Waals surface area contributed by atoms with Crippen molar-refractivity contribution in [2.75, 3.05) is 0 Å². The van der Waals surface area contributed by atoms with Gasteiger partial charge < -0.3 is 14.7 Å². The van der Waals surface area contributed by atoms with Crippen molar-refractivity contribution in [2.24, 2.45) is 0 Å². The van der Waals surface area contributed by atoms with Gasteiger partial charge in [0.2, 0.25) is 0 Å². The minimum absolute atomic E-state index is 0. The quantitative estimate of drug-likeness (QED) is 0.156. The number of nitrogens with zero attached hydrogens (tertiary/aromatic N) is 3. The van der Waals surface area contributed by atoms with Gasteiger partial charge in [0.1, 0.15) is 5.58 Å². The summed E-state index contributed by atoms with van der Waals surface area (Å²) >= 11 is 1.54. The fourth-order valence-corrected chi connectivity index (χ4v) is 10.1. The number of fused-ring (bicyclic) bond motifs is 7. The Bertz CT molecular complexity index is 3320. The third-order valence-electron chi connectivity index (χ3n) is 12.0. The number of rotatable bonds is 6. The van der Waals surface area contributed by atoms with Crippen LogP contribution < -0.4 is 0 Å². The monoisotopic (exact) mass is 1020 g/mol. The van der Waals surface area contributed by atoms with E-state index in [1.54, 1.807) is 17.5 Å². The first-order chi connectivity index (χ1) is 30.2. The second-order valence-corrected chi connectivity index (χ2v) is 17.6. The molecule has 0 saturated carbocycles. The van der Waals surface area contributed by atoms with E-state index in [1.165, 1.54) is 45.5 Å². The van der Waals surface area contributed by atoms with Crippen molar-refractivity contribution < 1.29 is 28.9 Å². The van der Waals surface area contributed by atoms with Crippen LogP contribution in [0.4, 0.5) is 10.1 Å². The van der Waals surface area contributed by atoms with Gasteiger partial charge in [-0.1, -0.05) is 146 Å². The van der Waals surface area contributed by atoms with Crippen molar-refractivity contribution in [3.63, 3.8) is 0 Å². The summed E-state index contributed by atoms with van der Waals surface area (Å²) in [7, 11) is 0. The third-order valence-corrected chi connectivity index (χ3v) is 13.0. The van der Waals surface area contributed by atoms with Gasteiger partial charge in [0.25, 0.3) is 0 Å². The number of thiophene rings is 1. The summed E-state index contributed by atoms with van der Waals surface area (Å²) in [5.74, 6) is 0.404. The van der Waals surface area contributed by atoms with Crippen molar-refractivity contribution >= 4 is 59.3 Å². The maximum atomic E-state index is 12.9. The predicted molar refractivity (Wildman–Crippen MR) is 253 cm³/mol. The molecule has 4 nitrogen and oxygen atoms in total. The minimum atomic E-state index is -0.246. The molecule has 11 rings (SSSR count). The van der Waals surface area contributed by atoms with Crippen molar-refractivity contribution in [3.05, 3.63) is 208 Å². The van der Waals surface area contributed by atoms with Gasteiger partial charge in [0.15, 0.2) is 0 Å². The molecular formula is C56H41FIrN3OS. The van der Waals surface area contributed by atoms with Gasteiger partial charge in [0, 0.05) is 33.2 Å². The maximum absolute atomic E-state index is 12.9. The van der Waals surface area contributed by atoms with E-state index in [1.807, 2.05) is 42.5 Å². The van der Waals surface area contributed by atoms with Gasteiger partial charge >= 0.3 is 20.1 Å². The van der Waals surface area contributed by atoms with Crippen LogP contribution in [0, 0.1) is 29.3 Å². The zero-order chi connectivity index (χ0) is 42.5. The Morgan fingerprint density at radius 1 is 0.730 bits per heavy atom. The standard InChI is InChI=1S/C45H36N2O.C11H5FNS.Ir/c1-27(2)38-23-33(30-13-6-5-7-14-30)24-39(28(3)4)42(38)43-36-16-8-9-19-40(36)47-44(43)37-18-11-17-35-34-21-20-32(25-41(34)48-45(35)37)31-15-10-12-29(22-31)26-46;12-7-3-4-8-10(6-7)14-9-2-1-5-13-11(8)9;/h5-17,19-25,27-28,43-44H,1-4H3;1-3,5-6H;/q-2;-1;+3. The van der Waals surface area contributed by atoms with Crippen LogP contribution >= 0.6 is 11.3 Å². The van der Waals surface area contributed by atoms with Crippen LogP contribution in [-0.4, -0.2) is 4.98 Å². The van der Waals surface area contributed by atoms with Crippen LogP contribution in [-0.2, 0) is 20.1 Å². The Hall–Kier alpha value is -6.42. The summed E-state index contributed by atoms with van der Waals surface area (Å²) in [6.07, 6.45) is 1.74. The number of hydrogen-bond donors (Lipinski definition) is 0. The minimum Gasteiger partial charge on any atom is -0.679 e. The molecule has 308 valence electrons. The maximum Gasteiger partial charge on any atom is 3.00 e. The summed E-state index contributed by atoms with van der Waals surface area (Å²) in [6, 6.07) is 57.7. The number of hydrogen-bond acceptors (Lipinski definition) is 4. The SMILES string of the molecule is CC(C)c1cc(-c2ccccc2)cc(C(C)C)c1C1c2ccccc2[N-]C1c1[c-]ccc2c1oc1cc(-c3cccc(C#N)c3)ccc12.Fc1c[c-]c2c(c1)sc1cccnc12.[Ir+3]. The van der Waals surface area contributed by atoms with Gasteiger partial charge in [-0.2, -0.15) is 34.8 Å². The van der Waals surface area contributed by atoms with Gasteiger partial charge in [-0.15, -0.1) is 34.8 Å². The van der Waals surface area contributed by atoms with E-state index in [0.29, 0.717) is 17.4 Å². The Labute approximate surface area is 384 Å². The number of halogens is 1. The number of furan rings is 1. The molecule has 0 spiro atoms. The molecule has 1 aliphatic rings. The summed E-state index contributed by atoms with van der Waals surface area (Å²) in [5, 5.41) is 17.9. The first-order valence-electron chi connectivity index (χ1n) is 21.0. The normalized spacial score (nSPS) is 14.4. The smallest absolute Gasteiger partial charge is 0.679 e. The molecule has 0 N–H and O–H groups in total. The molecule has 7 aromatic carbocycles. The Morgan fingerprint density at radius 2 is 1.48 bits per heavy atom. The average molecular weight is 1020 g/mol. The van der Waals surface area contributed by atoms with E-state index in [2.05, 4.69) is 142 Å². The molecule has 0 fully saturated rings. The first kappa shape index (κ1) is 41.9. The molecular weight excluding hydrogens is 974 g/mol. The molecule has 0 amide bonds. The Kier molecular flexibility index (Phi) is 11.6. The van der Waals surface area contributed by atoms with Gasteiger partial charge in [-0.25, -0.2) is 0 Å². The van der Waals surface area contributed by atoms with Crippen LogP contribution in [0.2, 0.25) is 0 Å². The van der Waals surface area contributed by atoms with Gasteiger partial charge in [-0.05, 0) is 81.0 Å². The fourth-order valence-electron chi connectivity index (χ4n) is 9.04. The second kappa shape index (κ2) is 17.4. The third kappa shape index (κ3) is 7.74. The number of pyridine rings is 1. The number of aromatic nitrogens is 1. The van der Waals surface area contributed by atoms with Gasteiger partial charge in [0.05, 0.1) is 11.6 Å². The van der Waals surface area contributed by atoms with Crippen LogP contribution in [0.5, 0.6) is 0 Å². The predicted octanol–water partition coefficient (Wildman–Crippen LogP) is 16.1. The van der Waals surface area contributed by atoms with Crippen LogP contribution in [0.15, 0.2) is 156 Å². The Morgan fingerprint density at radius 3 is 2.25 bits per heavy atom. The molecule has 0 radical (unpaired) electrons. The number of nitriles is 1. The van der Waals surface area contributed by atoms with E-state index in [-0.39, 0.29) is 37.9 Å². The zero-order valence-electron chi connectivity index (χ0n) is 35.1. The van der Waals surface area contributed by atoms with E-state index in [0.717, 1.165) is 64.6 Å². The molecule has 1 aliphatic heterocycles. The summed E-state index contributed by atoms with van der Waals surface area (Å²) in [6.45, 7) is 9.23. The topological polar surface area (TPSA) is 63.9 Å². The van der Waals surface area contributed by atoms with Crippen molar-refractivity contribution in [1.82, 2.24) is 4.98 Å². The average Bonchev–Trinajstić information content (AvgIpc) is 3.99. The Balaban J connectivity index is 0.000000284. The van der Waals surface area contributed by atoms with Crippen molar-refractivity contribution in [2.45, 2.75) is 51.5 Å². The molecule has 0 saturated heterocycles. The molecule has 4 heterocycles. The molecule has 7 heteroatoms. The van der Waals surface area contributed by atoms with Crippen molar-refractivity contribution in [1.29, 1.82) is 5.26 Å². The summed E-state index contributed by atoms with van der Waals surface area (Å²) < 4.78 is 21.7. The molecule has 10 aromatic rings. The molecule has 2 atom stereocenters. The molecule has 0 bridgehead atoms. The first-order valence-corrected chi connectivity index (χ1v) is 21.8. The number of benzene rings is 7. The van der Waals surface area contributed by atoms with E-state index in [4.69, 9.17) is 9.73 Å². The van der Waals surface area contributed by atoms with Crippen LogP contribution in [0.3, 0.4) is 0 Å². The van der Waals surface area contributed by atoms with Crippen LogP contribution in [0.25, 0.3) is 69.8 Å². The molecule has 0 aliphatic carbocycles. The number of para-hydroxylation sites is 1. The van der Waals surface area contributed by atoms with Crippen LogP contribution in [0.1, 0.15) is 84.9 Å². The molecule has 63 heavy (non-hydrogen) atoms. The van der Waals surface area contributed by atoms with E-state index < -0.39 is 0 Å². The van der Waals surface area contributed by atoms with E-state index >= 15 is 0 Å². The van der Waals surface area contributed by atoms with Crippen molar-refractivity contribution in [3.8, 4) is 28.3 Å². The van der Waals surface area contributed by atoms with Gasteiger partial charge in [-0.3, -0.25) is 4.39 Å². The summed E-state index contributed by atoms with van der Waals surface area (Å²) in [4.78, 5) is 4.26. The summed E-state index contributed by atoms with van der Waals surface area (Å²) in [5.41, 5.74) is 15.1. The largest absolute Gasteiger partial charge is 3.00 e. The zero-order valence-corrected chi connectivity index (χ0v) is 38.3. The van der Waals surface area contributed by atoms with E-state index in [9.17, 15) is 9.65 Å². The second-order valence-electron chi connectivity index (χ2n) is 16.5. The molecule has 3 aromatic heterocycles. The molecule has 2 unspecified atom stereocenters. The fraction of sp³-hybridized carbons (Fsp3) is 0.143.